The first-order chi connectivity index (χ1) is 11.9. The number of carbonyl (C=O) groups excluding carboxylic acids is 2. The van der Waals surface area contributed by atoms with Crippen molar-refractivity contribution in [1.29, 1.82) is 0 Å². The Kier molecular flexibility index (Phi) is 4.51. The number of aromatic nitrogens is 4. The topological polar surface area (TPSA) is 152 Å². The highest BCUT2D eigenvalue weighted by molar-refractivity contribution is 5.81. The van der Waals surface area contributed by atoms with E-state index in [0.717, 1.165) is 0 Å². The quantitative estimate of drug-likeness (QED) is 0.667. The fourth-order valence-electron chi connectivity index (χ4n) is 2.68. The smallest absolute Gasteiger partial charge is 0.303 e. The summed E-state index contributed by atoms with van der Waals surface area (Å²) >= 11 is 0. The van der Waals surface area contributed by atoms with Gasteiger partial charge >= 0.3 is 11.9 Å². The van der Waals surface area contributed by atoms with Crippen molar-refractivity contribution in [2.24, 2.45) is 0 Å². The number of hydrogen-bond donors (Lipinski definition) is 2. The molecule has 0 spiro atoms. The second-order valence-electron chi connectivity index (χ2n) is 5.52. The molecule has 0 radical (unpaired) electrons. The SMILES string of the molecule is CC(=O)OC[C@H]1O[C@@H](n2cnc3c(N)ncnc32)[C@H](O)[C@@H]1OC(C)=O. The molecule has 0 amide bonds. The summed E-state index contributed by atoms with van der Waals surface area (Å²) in [6.07, 6.45) is -1.38. The van der Waals surface area contributed by atoms with Crippen LogP contribution >= 0.6 is 0 Å². The Morgan fingerprint density at radius 1 is 1.32 bits per heavy atom. The van der Waals surface area contributed by atoms with E-state index in [2.05, 4.69) is 15.0 Å². The number of nitrogens with zero attached hydrogens (tertiary/aromatic N) is 4. The van der Waals surface area contributed by atoms with Gasteiger partial charge in [0.05, 0.1) is 6.33 Å². The lowest BCUT2D eigenvalue weighted by molar-refractivity contribution is -0.157. The summed E-state index contributed by atoms with van der Waals surface area (Å²) in [5, 5.41) is 10.6. The number of rotatable bonds is 4. The summed E-state index contributed by atoms with van der Waals surface area (Å²) in [4.78, 5) is 34.4. The van der Waals surface area contributed by atoms with Gasteiger partial charge in [0.25, 0.3) is 0 Å². The number of anilines is 1. The van der Waals surface area contributed by atoms with Gasteiger partial charge in [0.15, 0.2) is 23.8 Å². The second kappa shape index (κ2) is 6.61. The first kappa shape index (κ1) is 17.0. The summed E-state index contributed by atoms with van der Waals surface area (Å²) in [6, 6.07) is 0. The van der Waals surface area contributed by atoms with Gasteiger partial charge in [0.1, 0.15) is 30.7 Å². The van der Waals surface area contributed by atoms with Crippen molar-refractivity contribution in [1.82, 2.24) is 19.5 Å². The van der Waals surface area contributed by atoms with Gasteiger partial charge in [0, 0.05) is 13.8 Å². The van der Waals surface area contributed by atoms with Gasteiger partial charge < -0.3 is 25.1 Å². The number of carbonyl (C=O) groups is 2. The molecular formula is C14H17N5O6. The Balaban J connectivity index is 1.91. The van der Waals surface area contributed by atoms with Crippen LogP contribution in [-0.4, -0.2) is 61.5 Å². The number of aliphatic hydroxyl groups is 1. The van der Waals surface area contributed by atoms with E-state index >= 15 is 0 Å². The number of nitrogen functional groups attached to an aromatic ring is 1. The van der Waals surface area contributed by atoms with E-state index in [0.29, 0.717) is 11.2 Å². The van der Waals surface area contributed by atoms with E-state index in [9.17, 15) is 14.7 Å². The minimum atomic E-state index is -1.22. The highest BCUT2D eigenvalue weighted by atomic mass is 16.6. The number of aliphatic hydroxyl groups excluding tert-OH is 1. The van der Waals surface area contributed by atoms with Crippen LogP contribution in [0, 0.1) is 0 Å². The number of nitrogens with two attached hydrogens (primary N) is 1. The molecule has 4 atom stereocenters. The number of ether oxygens (including phenoxy) is 3. The third kappa shape index (κ3) is 3.23. The average molecular weight is 351 g/mol. The molecule has 0 aliphatic carbocycles. The minimum absolute atomic E-state index is 0.176. The Bertz CT molecular complexity index is 808. The van der Waals surface area contributed by atoms with Crippen LogP contribution in [0.4, 0.5) is 5.82 Å². The maximum atomic E-state index is 11.3. The Morgan fingerprint density at radius 3 is 2.76 bits per heavy atom. The van der Waals surface area contributed by atoms with Crippen molar-refractivity contribution in [3.63, 3.8) is 0 Å². The maximum absolute atomic E-state index is 11.3. The van der Waals surface area contributed by atoms with Gasteiger partial charge in [-0.1, -0.05) is 0 Å². The van der Waals surface area contributed by atoms with E-state index in [-0.39, 0.29) is 12.4 Å². The number of esters is 2. The van der Waals surface area contributed by atoms with E-state index < -0.39 is 36.5 Å². The third-order valence-corrected chi connectivity index (χ3v) is 3.72. The van der Waals surface area contributed by atoms with Crippen molar-refractivity contribution in [3.8, 4) is 0 Å². The van der Waals surface area contributed by atoms with Crippen LogP contribution in [0.1, 0.15) is 20.1 Å². The summed E-state index contributed by atoms with van der Waals surface area (Å²) in [6.45, 7) is 2.28. The molecule has 25 heavy (non-hydrogen) atoms. The Labute approximate surface area is 141 Å². The number of fused-ring (bicyclic) bond motifs is 1. The average Bonchev–Trinajstić information content (AvgIpc) is 3.09. The van der Waals surface area contributed by atoms with Gasteiger partial charge in [-0.15, -0.1) is 0 Å². The zero-order valence-electron chi connectivity index (χ0n) is 13.5. The molecule has 1 fully saturated rings. The fourth-order valence-corrected chi connectivity index (χ4v) is 2.68. The highest BCUT2D eigenvalue weighted by Crippen LogP contribution is 2.33. The molecule has 134 valence electrons. The van der Waals surface area contributed by atoms with Crippen LogP contribution < -0.4 is 5.73 Å². The Morgan fingerprint density at radius 2 is 2.08 bits per heavy atom. The lowest BCUT2D eigenvalue weighted by Gasteiger charge is -2.19. The fraction of sp³-hybridized carbons (Fsp3) is 0.500. The summed E-state index contributed by atoms with van der Waals surface area (Å²) in [5.41, 5.74) is 6.45. The lowest BCUT2D eigenvalue weighted by atomic mass is 10.1. The summed E-state index contributed by atoms with van der Waals surface area (Å²) < 4.78 is 17.3. The maximum Gasteiger partial charge on any atom is 0.303 e. The van der Waals surface area contributed by atoms with Crippen LogP contribution in [0.2, 0.25) is 0 Å². The molecule has 3 heterocycles. The van der Waals surface area contributed by atoms with E-state index in [1.54, 1.807) is 0 Å². The lowest BCUT2D eigenvalue weighted by Crippen LogP contribution is -2.38. The highest BCUT2D eigenvalue weighted by Gasteiger charge is 2.48. The monoisotopic (exact) mass is 351 g/mol. The molecule has 0 aromatic carbocycles. The molecule has 0 bridgehead atoms. The van der Waals surface area contributed by atoms with Crippen LogP contribution in [0.5, 0.6) is 0 Å². The zero-order valence-corrected chi connectivity index (χ0v) is 13.5. The largest absolute Gasteiger partial charge is 0.463 e. The molecule has 11 nitrogen and oxygen atoms in total. The van der Waals surface area contributed by atoms with E-state index in [4.69, 9.17) is 19.9 Å². The zero-order chi connectivity index (χ0) is 18.1. The molecule has 0 unspecified atom stereocenters. The van der Waals surface area contributed by atoms with Crippen molar-refractivity contribution in [3.05, 3.63) is 12.7 Å². The minimum Gasteiger partial charge on any atom is -0.463 e. The second-order valence-corrected chi connectivity index (χ2v) is 5.52. The van der Waals surface area contributed by atoms with Crippen molar-refractivity contribution in [2.75, 3.05) is 12.3 Å². The van der Waals surface area contributed by atoms with Gasteiger partial charge in [-0.2, -0.15) is 0 Å². The van der Waals surface area contributed by atoms with Gasteiger partial charge in [-0.25, -0.2) is 15.0 Å². The molecule has 3 N–H and O–H groups in total. The van der Waals surface area contributed by atoms with Crippen molar-refractivity contribution in [2.45, 2.75) is 38.4 Å². The summed E-state index contributed by atoms with van der Waals surface area (Å²) in [5.74, 6) is -0.927. The first-order valence-corrected chi connectivity index (χ1v) is 7.45. The summed E-state index contributed by atoms with van der Waals surface area (Å²) in [7, 11) is 0. The Hall–Kier alpha value is -2.79. The standard InChI is InChI=1S/C14H17N5O6/c1-6(20)23-3-8-11(24-7(2)21)10(22)14(25-8)19-5-18-9-12(15)16-4-17-13(9)19/h4-5,8,10-11,14,22H,3H2,1-2H3,(H2,15,16,17)/t8-,10-,11-,14-/m1/s1. The number of hydrogen-bond acceptors (Lipinski definition) is 10. The molecule has 1 aliphatic heterocycles. The molecule has 1 saturated heterocycles. The molecule has 2 aromatic heterocycles. The van der Waals surface area contributed by atoms with Crippen LogP contribution in [0.15, 0.2) is 12.7 Å². The van der Waals surface area contributed by atoms with Gasteiger partial charge in [0.2, 0.25) is 0 Å². The molecule has 2 aromatic rings. The van der Waals surface area contributed by atoms with E-state index in [1.165, 1.54) is 31.1 Å². The normalized spacial score (nSPS) is 25.9. The van der Waals surface area contributed by atoms with Crippen LogP contribution in [0.25, 0.3) is 11.2 Å². The van der Waals surface area contributed by atoms with Crippen molar-refractivity contribution < 1.29 is 28.9 Å². The van der Waals surface area contributed by atoms with Crippen LogP contribution in [-0.2, 0) is 23.8 Å². The van der Waals surface area contributed by atoms with Crippen LogP contribution in [0.3, 0.4) is 0 Å². The number of imidazole rings is 1. The predicted octanol–water partition coefficient (Wildman–Crippen LogP) is -0.838. The third-order valence-electron chi connectivity index (χ3n) is 3.72. The predicted molar refractivity (Wildman–Crippen MR) is 81.8 cm³/mol. The molecule has 1 aliphatic rings. The first-order valence-electron chi connectivity index (χ1n) is 7.45. The molecule has 3 rings (SSSR count). The van der Waals surface area contributed by atoms with Gasteiger partial charge in [-0.05, 0) is 0 Å². The molecular weight excluding hydrogens is 334 g/mol. The van der Waals surface area contributed by atoms with Gasteiger partial charge in [-0.3, -0.25) is 14.2 Å². The molecule has 11 heteroatoms. The molecule has 0 saturated carbocycles. The van der Waals surface area contributed by atoms with E-state index in [1.807, 2.05) is 0 Å². The van der Waals surface area contributed by atoms with Crippen molar-refractivity contribution >= 4 is 28.9 Å².